The van der Waals surface area contributed by atoms with Crippen LogP contribution in [0.5, 0.6) is 28.7 Å². The van der Waals surface area contributed by atoms with Gasteiger partial charge in [0.25, 0.3) is 5.91 Å². The van der Waals surface area contributed by atoms with Crippen LogP contribution in [0.4, 0.5) is 22.0 Å². The number of hydrogen-bond acceptors (Lipinski definition) is 12. The zero-order valence-electron chi connectivity index (χ0n) is 43.3. The minimum atomic E-state index is -2.35. The molecule has 2 aliphatic rings. The number of ether oxygens (including phenoxy) is 5. The number of hydrogen-bond donors (Lipinski definition) is 4. The van der Waals surface area contributed by atoms with Gasteiger partial charge in [-0.15, -0.1) is 12.4 Å². The summed E-state index contributed by atoms with van der Waals surface area (Å²) in [7, 11) is -3.92. The molecule has 3 aromatic rings. The zero-order valence-corrected chi connectivity index (χ0v) is 46.2. The van der Waals surface area contributed by atoms with Crippen molar-refractivity contribution in [2.75, 3.05) is 26.4 Å². The molecule has 0 aliphatic carbocycles. The Morgan fingerprint density at radius 1 is 0.643 bits per heavy atom. The smallest absolute Gasteiger partial charge is 0.344 e. The van der Waals surface area contributed by atoms with Crippen LogP contribution in [0.15, 0.2) is 24.3 Å². The lowest BCUT2D eigenvalue weighted by Gasteiger charge is -2.38. The number of amides is 1. The number of hydrazine groups is 2. The van der Waals surface area contributed by atoms with Crippen LogP contribution in [0.25, 0.3) is 0 Å². The van der Waals surface area contributed by atoms with Crippen molar-refractivity contribution in [1.29, 1.82) is 0 Å². The standard InChI is InChI=1S/C23H25F5O5Si.C21H36N2O4Si.C4H12N2.CH4.ClH/c1-11-13(22(29)33-21-18(27)16(25)15(24)17(26)19(21)28)7-8-14-20(11)32-12(9-30-14)10-31-34(5,6)23(2,3)4;1-14-16(19(24)22-23-20(2,3)4)10-11-17-18(14)27-15(12-25-17)13-26-28(8,9)21(5,6)7;1-4(2,3)6-5;;/h7-8,12H,9-10H2,1-6H3;10-11,15,23H,12-13H2,1-9H3,(H,22,24);6H,5H2,1-3H3;1H4;1H/t12-;15-;;;/m11.../s1. The number of fused-ring (bicyclic) bond motifs is 2. The van der Waals surface area contributed by atoms with E-state index in [0.29, 0.717) is 36.0 Å². The molecule has 0 radical (unpaired) electrons. The molecule has 0 unspecified atom stereocenters. The summed E-state index contributed by atoms with van der Waals surface area (Å²) in [6.45, 7) is 38.3. The Bertz CT molecular complexity index is 2250. The quantitative estimate of drug-likeness (QED) is 0.0223. The van der Waals surface area contributed by atoms with E-state index < -0.39 is 63.5 Å². The van der Waals surface area contributed by atoms with Crippen molar-refractivity contribution in [3.8, 4) is 28.7 Å². The lowest BCUT2D eigenvalue weighted by atomic mass is 10.1. The molecule has 398 valence electrons. The molecule has 1 amide bonds. The van der Waals surface area contributed by atoms with E-state index in [9.17, 15) is 31.5 Å². The summed E-state index contributed by atoms with van der Waals surface area (Å²) in [5.41, 5.74) is 9.55. The first-order valence-electron chi connectivity index (χ1n) is 22.4. The van der Waals surface area contributed by atoms with E-state index in [4.69, 9.17) is 33.6 Å². The summed E-state index contributed by atoms with van der Waals surface area (Å²) in [6, 6.07) is 6.20. The summed E-state index contributed by atoms with van der Waals surface area (Å²) in [5, 5.41) is 0.124. The molecule has 0 saturated carbocycles. The molecule has 2 heterocycles. The Balaban J connectivity index is 0.000000619. The van der Waals surface area contributed by atoms with Crippen molar-refractivity contribution in [1.82, 2.24) is 16.3 Å². The summed E-state index contributed by atoms with van der Waals surface area (Å²) < 4.78 is 109. The minimum absolute atomic E-state index is 0. The monoisotopic (exact) mass is 1050 g/mol. The molecule has 2 atom stereocenters. The highest BCUT2D eigenvalue weighted by molar-refractivity contribution is 6.74. The van der Waals surface area contributed by atoms with Gasteiger partial charge < -0.3 is 32.5 Å². The van der Waals surface area contributed by atoms with E-state index in [-0.39, 0.29) is 83.1 Å². The number of benzene rings is 3. The number of carbonyl (C=O) groups excluding carboxylic acids is 2. The Kier molecular flexibility index (Phi) is 22.5. The van der Waals surface area contributed by atoms with Gasteiger partial charge in [-0.3, -0.25) is 21.5 Å². The summed E-state index contributed by atoms with van der Waals surface area (Å²) >= 11 is 0. The van der Waals surface area contributed by atoms with Crippen molar-refractivity contribution < 1.29 is 64.1 Å². The second-order valence-electron chi connectivity index (χ2n) is 21.9. The van der Waals surface area contributed by atoms with Crippen LogP contribution in [-0.2, 0) is 8.85 Å². The van der Waals surface area contributed by atoms with Crippen LogP contribution in [-0.4, -0.2) is 78.2 Å². The number of halogens is 6. The molecule has 0 spiro atoms. The fraction of sp³-hybridized carbons (Fsp3) is 0.592. The van der Waals surface area contributed by atoms with Gasteiger partial charge in [-0.25, -0.2) is 23.4 Å². The maximum absolute atomic E-state index is 13.9. The second kappa shape index (κ2) is 24.6. The lowest BCUT2D eigenvalue weighted by molar-refractivity contribution is 0.0481. The summed E-state index contributed by atoms with van der Waals surface area (Å²) in [5.74, 6) is -7.62. The Labute approximate surface area is 420 Å². The first-order chi connectivity index (χ1) is 30.9. The number of rotatable bonds is 10. The van der Waals surface area contributed by atoms with Gasteiger partial charge in [-0.1, -0.05) is 49.0 Å². The van der Waals surface area contributed by atoms with Gasteiger partial charge in [0.05, 0.1) is 18.8 Å². The number of nitrogens with two attached hydrogens (primary N) is 1. The largest absolute Gasteiger partial charge is 0.486 e. The minimum Gasteiger partial charge on any atom is -0.486 e. The molecule has 2 aliphatic heterocycles. The second-order valence-corrected chi connectivity index (χ2v) is 31.5. The zero-order chi connectivity index (χ0) is 52.1. The first kappa shape index (κ1) is 64.0. The molecule has 0 saturated heterocycles. The number of carbonyl (C=O) groups is 2. The highest BCUT2D eigenvalue weighted by Crippen LogP contribution is 2.41. The Hall–Kier alpha value is -4.03. The molecular weight excluding hydrogens is 975 g/mol. The van der Waals surface area contributed by atoms with E-state index in [1.54, 1.807) is 12.1 Å². The van der Waals surface area contributed by atoms with E-state index in [0.717, 1.165) is 5.56 Å². The summed E-state index contributed by atoms with van der Waals surface area (Å²) in [6.07, 6.45) is -0.673. The molecule has 13 nitrogen and oxygen atoms in total. The summed E-state index contributed by atoms with van der Waals surface area (Å²) in [4.78, 5) is 25.1. The predicted octanol–water partition coefficient (Wildman–Crippen LogP) is 11.6. The number of nitrogens with one attached hydrogen (secondary N) is 3. The SMILES string of the molecule is C.CC(C)(C)NN.Cc1c(C(=O)NNC(C)(C)C)ccc2c1O[C@@H](CO[Si](C)(C)C(C)(C)C)CO2.Cc1c(C(=O)Oc2c(F)c(F)c(F)c(F)c2F)ccc2c1O[C@@H](CO[Si](C)(C)C(C)(C)C)CO2.Cl. The highest BCUT2D eigenvalue weighted by atomic mass is 35.5. The Morgan fingerprint density at radius 2 is 1.00 bits per heavy atom. The molecule has 3 aromatic carbocycles. The van der Waals surface area contributed by atoms with Gasteiger partial charge >= 0.3 is 5.97 Å². The van der Waals surface area contributed by atoms with Gasteiger partial charge in [0.1, 0.15) is 13.2 Å². The Morgan fingerprint density at radius 3 is 1.36 bits per heavy atom. The normalized spacial score (nSPS) is 15.7. The maximum Gasteiger partial charge on any atom is 0.344 e. The van der Waals surface area contributed by atoms with E-state index >= 15 is 0 Å². The lowest BCUT2D eigenvalue weighted by Crippen LogP contribution is -2.49. The van der Waals surface area contributed by atoms with Crippen LogP contribution >= 0.6 is 12.4 Å². The van der Waals surface area contributed by atoms with Crippen molar-refractivity contribution in [2.24, 2.45) is 5.84 Å². The van der Waals surface area contributed by atoms with Crippen LogP contribution < -0.4 is 45.8 Å². The van der Waals surface area contributed by atoms with Crippen molar-refractivity contribution in [2.45, 2.75) is 164 Å². The van der Waals surface area contributed by atoms with Crippen LogP contribution in [0.2, 0.25) is 36.3 Å². The van der Waals surface area contributed by atoms with Crippen LogP contribution in [0.3, 0.4) is 0 Å². The fourth-order valence-electron chi connectivity index (χ4n) is 5.42. The van der Waals surface area contributed by atoms with Crippen molar-refractivity contribution in [3.05, 3.63) is 75.6 Å². The van der Waals surface area contributed by atoms with E-state index in [2.05, 4.69) is 88.7 Å². The molecule has 0 aromatic heterocycles. The molecule has 70 heavy (non-hydrogen) atoms. The van der Waals surface area contributed by atoms with Crippen LogP contribution in [0, 0.1) is 42.9 Å². The van der Waals surface area contributed by atoms with Gasteiger partial charge in [0.2, 0.25) is 34.8 Å². The van der Waals surface area contributed by atoms with E-state index in [1.807, 2.05) is 48.5 Å². The van der Waals surface area contributed by atoms with Gasteiger partial charge in [-0.2, -0.15) is 8.78 Å². The third-order valence-electron chi connectivity index (χ3n) is 11.8. The van der Waals surface area contributed by atoms with Crippen LogP contribution in [0.1, 0.15) is 122 Å². The number of esters is 1. The average Bonchev–Trinajstić information content (AvgIpc) is 3.23. The topological polar surface area (TPSA) is 161 Å². The van der Waals surface area contributed by atoms with E-state index in [1.165, 1.54) is 19.1 Å². The van der Waals surface area contributed by atoms with Gasteiger partial charge in [0, 0.05) is 27.8 Å². The predicted molar refractivity (Wildman–Crippen MR) is 271 cm³/mol. The first-order valence-corrected chi connectivity index (χ1v) is 28.2. The third-order valence-corrected chi connectivity index (χ3v) is 20.8. The molecule has 0 fully saturated rings. The third kappa shape index (κ3) is 16.8. The maximum atomic E-state index is 13.9. The molecular formula is C49H78ClF5N4O9Si2. The molecule has 21 heteroatoms. The molecule has 5 rings (SSSR count). The highest BCUT2D eigenvalue weighted by Gasteiger charge is 2.40. The average molecular weight is 1050 g/mol. The van der Waals surface area contributed by atoms with Crippen molar-refractivity contribution >= 4 is 40.9 Å². The molecule has 0 bridgehead atoms. The van der Waals surface area contributed by atoms with Gasteiger partial charge in [0.15, 0.2) is 51.8 Å². The van der Waals surface area contributed by atoms with Gasteiger partial charge in [-0.05, 0) is 116 Å². The molecule has 5 N–H and O–H groups in total. The fourth-order valence-corrected chi connectivity index (χ4v) is 7.49. The van der Waals surface area contributed by atoms with Crippen molar-refractivity contribution in [3.63, 3.8) is 0 Å².